The molecule has 0 saturated heterocycles. The van der Waals surface area contributed by atoms with E-state index in [0.29, 0.717) is 11.5 Å². The molecule has 0 radical (unpaired) electrons. The zero-order valence-corrected chi connectivity index (χ0v) is 12.2. The smallest absolute Gasteiger partial charge is 0.335 e. The Morgan fingerprint density at radius 3 is 2.42 bits per heavy atom. The normalized spacial score (nSPS) is 10.3. The molecule has 0 spiro atoms. The largest absolute Gasteiger partial charge is 0.478 e. The lowest BCUT2D eigenvalue weighted by molar-refractivity contribution is 0.0696. The predicted octanol–water partition coefficient (Wildman–Crippen LogP) is 4.56. The highest BCUT2D eigenvalue weighted by Crippen LogP contribution is 2.30. The van der Waals surface area contributed by atoms with E-state index in [2.05, 4.69) is 15.9 Å². The van der Waals surface area contributed by atoms with Crippen molar-refractivity contribution in [3.8, 4) is 11.5 Å². The molecule has 19 heavy (non-hydrogen) atoms. The highest BCUT2D eigenvalue weighted by molar-refractivity contribution is 9.10. The number of benzene rings is 2. The first-order valence-electron chi connectivity index (χ1n) is 5.75. The van der Waals surface area contributed by atoms with Gasteiger partial charge < -0.3 is 9.84 Å². The van der Waals surface area contributed by atoms with Crippen LogP contribution in [0.1, 0.15) is 21.5 Å². The molecule has 2 aromatic rings. The maximum atomic E-state index is 11.0. The van der Waals surface area contributed by atoms with Crippen LogP contribution in [0.3, 0.4) is 0 Å². The summed E-state index contributed by atoms with van der Waals surface area (Å²) in [5.41, 5.74) is 2.09. The number of halogens is 1. The van der Waals surface area contributed by atoms with Crippen molar-refractivity contribution in [2.75, 3.05) is 0 Å². The van der Waals surface area contributed by atoms with Gasteiger partial charge in [-0.2, -0.15) is 0 Å². The summed E-state index contributed by atoms with van der Waals surface area (Å²) in [6.07, 6.45) is 0. The Morgan fingerprint density at radius 1 is 1.05 bits per heavy atom. The van der Waals surface area contributed by atoms with Crippen LogP contribution in [-0.2, 0) is 0 Å². The van der Waals surface area contributed by atoms with Crippen LogP contribution in [0.25, 0.3) is 0 Å². The SMILES string of the molecule is Cc1cc(Br)ccc1Oc1cc(C(=O)O)ccc1C. The summed E-state index contributed by atoms with van der Waals surface area (Å²) in [6, 6.07) is 10.5. The van der Waals surface area contributed by atoms with Gasteiger partial charge in [-0.05, 0) is 55.3 Å². The highest BCUT2D eigenvalue weighted by Gasteiger charge is 2.09. The standard InChI is InChI=1S/C15H13BrO3/c1-9-3-4-11(15(17)18)8-14(9)19-13-6-5-12(16)7-10(13)2/h3-8H,1-2H3,(H,17,18). The summed E-state index contributed by atoms with van der Waals surface area (Å²) in [5, 5.41) is 9.00. The lowest BCUT2D eigenvalue weighted by Crippen LogP contribution is -1.98. The van der Waals surface area contributed by atoms with E-state index in [-0.39, 0.29) is 5.56 Å². The summed E-state index contributed by atoms with van der Waals surface area (Å²) < 4.78 is 6.78. The summed E-state index contributed by atoms with van der Waals surface area (Å²) in [4.78, 5) is 11.0. The third kappa shape index (κ3) is 3.15. The van der Waals surface area contributed by atoms with Gasteiger partial charge in [-0.3, -0.25) is 0 Å². The van der Waals surface area contributed by atoms with Gasteiger partial charge in [0.05, 0.1) is 5.56 Å². The summed E-state index contributed by atoms with van der Waals surface area (Å²) in [5.74, 6) is 0.316. The summed E-state index contributed by atoms with van der Waals surface area (Å²) in [7, 11) is 0. The molecule has 0 heterocycles. The second-order valence-electron chi connectivity index (χ2n) is 4.30. The number of aromatic carboxylic acids is 1. The van der Waals surface area contributed by atoms with E-state index < -0.39 is 5.97 Å². The Kier molecular flexibility index (Phi) is 3.90. The molecule has 0 amide bonds. The first-order valence-corrected chi connectivity index (χ1v) is 6.54. The summed E-state index contributed by atoms with van der Waals surface area (Å²) in [6.45, 7) is 3.83. The number of rotatable bonds is 3. The first kappa shape index (κ1) is 13.6. The highest BCUT2D eigenvalue weighted by atomic mass is 79.9. The number of hydrogen-bond acceptors (Lipinski definition) is 2. The Hall–Kier alpha value is -1.81. The lowest BCUT2D eigenvalue weighted by atomic mass is 10.1. The van der Waals surface area contributed by atoms with Gasteiger partial charge in [0.15, 0.2) is 0 Å². The Labute approximate surface area is 120 Å². The molecule has 0 aliphatic heterocycles. The number of carboxylic acids is 1. The van der Waals surface area contributed by atoms with Crippen LogP contribution < -0.4 is 4.74 Å². The van der Waals surface area contributed by atoms with Crippen molar-refractivity contribution in [3.63, 3.8) is 0 Å². The van der Waals surface area contributed by atoms with Crippen LogP contribution in [0.5, 0.6) is 11.5 Å². The van der Waals surface area contributed by atoms with Gasteiger partial charge in [0.25, 0.3) is 0 Å². The van der Waals surface area contributed by atoms with Crippen LogP contribution in [0.4, 0.5) is 0 Å². The quantitative estimate of drug-likeness (QED) is 0.902. The minimum absolute atomic E-state index is 0.218. The molecule has 2 aromatic carbocycles. The third-order valence-corrected chi connectivity index (χ3v) is 3.29. The van der Waals surface area contributed by atoms with Crippen LogP contribution in [0.15, 0.2) is 40.9 Å². The fraction of sp³-hybridized carbons (Fsp3) is 0.133. The zero-order chi connectivity index (χ0) is 14.0. The van der Waals surface area contributed by atoms with Gasteiger partial charge in [0, 0.05) is 4.47 Å². The Balaban J connectivity index is 2.37. The van der Waals surface area contributed by atoms with Crippen molar-refractivity contribution in [2.24, 2.45) is 0 Å². The zero-order valence-electron chi connectivity index (χ0n) is 10.6. The van der Waals surface area contributed by atoms with E-state index >= 15 is 0 Å². The molecule has 0 aromatic heterocycles. The van der Waals surface area contributed by atoms with E-state index in [1.807, 2.05) is 32.0 Å². The number of hydrogen-bond donors (Lipinski definition) is 1. The number of aryl methyl sites for hydroxylation is 2. The number of ether oxygens (including phenoxy) is 1. The molecule has 0 aliphatic rings. The van der Waals surface area contributed by atoms with Crippen molar-refractivity contribution in [1.82, 2.24) is 0 Å². The molecule has 1 N–H and O–H groups in total. The van der Waals surface area contributed by atoms with Crippen molar-refractivity contribution in [2.45, 2.75) is 13.8 Å². The molecular formula is C15H13BrO3. The van der Waals surface area contributed by atoms with Crippen LogP contribution in [-0.4, -0.2) is 11.1 Å². The molecule has 0 saturated carbocycles. The maximum absolute atomic E-state index is 11.0. The van der Waals surface area contributed by atoms with Crippen LogP contribution in [0.2, 0.25) is 0 Å². The average molecular weight is 321 g/mol. The van der Waals surface area contributed by atoms with Crippen molar-refractivity contribution >= 4 is 21.9 Å². The van der Waals surface area contributed by atoms with Gasteiger partial charge in [-0.25, -0.2) is 4.79 Å². The minimum Gasteiger partial charge on any atom is -0.478 e. The number of carboxylic acid groups (broad SMARTS) is 1. The van der Waals surface area contributed by atoms with Gasteiger partial charge in [0.2, 0.25) is 0 Å². The van der Waals surface area contributed by atoms with Crippen molar-refractivity contribution in [3.05, 3.63) is 57.6 Å². The molecule has 0 bridgehead atoms. The minimum atomic E-state index is -0.961. The van der Waals surface area contributed by atoms with E-state index in [4.69, 9.17) is 9.84 Å². The second-order valence-corrected chi connectivity index (χ2v) is 5.21. The van der Waals surface area contributed by atoms with Crippen molar-refractivity contribution in [1.29, 1.82) is 0 Å². The van der Waals surface area contributed by atoms with Gasteiger partial charge in [0.1, 0.15) is 11.5 Å². The fourth-order valence-corrected chi connectivity index (χ4v) is 2.16. The van der Waals surface area contributed by atoms with Crippen LogP contribution >= 0.6 is 15.9 Å². The van der Waals surface area contributed by atoms with E-state index in [1.165, 1.54) is 0 Å². The molecule has 3 nitrogen and oxygen atoms in total. The molecule has 2 rings (SSSR count). The monoisotopic (exact) mass is 320 g/mol. The molecule has 98 valence electrons. The predicted molar refractivity (Wildman–Crippen MR) is 77.1 cm³/mol. The Morgan fingerprint density at radius 2 is 1.79 bits per heavy atom. The first-order chi connectivity index (χ1) is 8.97. The van der Waals surface area contributed by atoms with Crippen molar-refractivity contribution < 1.29 is 14.6 Å². The average Bonchev–Trinajstić information content (AvgIpc) is 2.34. The number of carbonyl (C=O) groups is 1. The van der Waals surface area contributed by atoms with Gasteiger partial charge >= 0.3 is 5.97 Å². The topological polar surface area (TPSA) is 46.5 Å². The second kappa shape index (κ2) is 5.45. The lowest BCUT2D eigenvalue weighted by Gasteiger charge is -2.12. The molecule has 0 fully saturated rings. The Bertz CT molecular complexity index is 635. The van der Waals surface area contributed by atoms with Gasteiger partial charge in [-0.15, -0.1) is 0 Å². The maximum Gasteiger partial charge on any atom is 0.335 e. The summed E-state index contributed by atoms with van der Waals surface area (Å²) >= 11 is 3.39. The molecule has 0 aliphatic carbocycles. The van der Waals surface area contributed by atoms with E-state index in [0.717, 1.165) is 15.6 Å². The third-order valence-electron chi connectivity index (χ3n) is 2.79. The van der Waals surface area contributed by atoms with Gasteiger partial charge in [-0.1, -0.05) is 22.0 Å². The molecule has 0 unspecified atom stereocenters. The molecule has 4 heteroatoms. The van der Waals surface area contributed by atoms with Crippen LogP contribution in [0, 0.1) is 13.8 Å². The molecular weight excluding hydrogens is 308 g/mol. The molecule has 0 atom stereocenters. The fourth-order valence-electron chi connectivity index (χ4n) is 1.69. The van der Waals surface area contributed by atoms with E-state index in [1.54, 1.807) is 18.2 Å². The van der Waals surface area contributed by atoms with E-state index in [9.17, 15) is 4.79 Å².